The smallest absolute Gasteiger partial charge is 0.414 e. The number of nitrogens with one attached hydrogen (secondary N) is 2. The maximum Gasteiger partial charge on any atom is 0.414 e. The van der Waals surface area contributed by atoms with Crippen LogP contribution in [-0.4, -0.2) is 97.1 Å². The van der Waals surface area contributed by atoms with Crippen LogP contribution in [0.5, 0.6) is 0 Å². The van der Waals surface area contributed by atoms with Crippen molar-refractivity contribution in [3.05, 3.63) is 69.8 Å². The van der Waals surface area contributed by atoms with Gasteiger partial charge in [-0.1, -0.05) is 0 Å². The molecule has 0 spiro atoms. The number of amides is 2. The summed E-state index contributed by atoms with van der Waals surface area (Å²) in [6, 6.07) is 11.7. The Morgan fingerprint density at radius 2 is 1.67 bits per heavy atom. The number of non-ortho nitro benzene ring substituents is 1. The molecule has 0 aromatic heterocycles. The Kier molecular flexibility index (Phi) is 8.84. The van der Waals surface area contributed by atoms with Gasteiger partial charge in [0.05, 0.1) is 24.6 Å². The Hall–Kier alpha value is -4.36. The molecule has 2 aliphatic rings. The first kappa shape index (κ1) is 27.7. The Morgan fingerprint density at radius 1 is 1.05 bits per heavy atom. The van der Waals surface area contributed by atoms with Crippen LogP contribution in [0.3, 0.4) is 0 Å². The zero-order chi connectivity index (χ0) is 27.9. The second-order valence-electron chi connectivity index (χ2n) is 9.18. The zero-order valence-corrected chi connectivity index (χ0v) is 21.5. The number of nitrogens with zero attached hydrogens (tertiary/aromatic N) is 4. The lowest BCUT2D eigenvalue weighted by molar-refractivity contribution is -0.384. The summed E-state index contributed by atoms with van der Waals surface area (Å²) in [5.41, 5.74) is 1.10. The van der Waals surface area contributed by atoms with E-state index in [0.717, 1.165) is 26.2 Å². The molecule has 0 aliphatic carbocycles. The highest BCUT2D eigenvalue weighted by Gasteiger charge is 2.34. The predicted octanol–water partition coefficient (Wildman–Crippen LogP) is 1.86. The minimum atomic E-state index is -0.563. The summed E-state index contributed by atoms with van der Waals surface area (Å²) in [5, 5.41) is 21.4. The van der Waals surface area contributed by atoms with Gasteiger partial charge in [-0.15, -0.1) is 0 Å². The van der Waals surface area contributed by atoms with Gasteiger partial charge in [-0.2, -0.15) is 0 Å². The van der Waals surface area contributed by atoms with Crippen molar-refractivity contribution in [2.75, 3.05) is 57.3 Å². The van der Waals surface area contributed by atoms with E-state index in [1.54, 1.807) is 31.2 Å². The van der Waals surface area contributed by atoms with E-state index in [1.807, 2.05) is 0 Å². The lowest BCUT2D eigenvalue weighted by atomic mass is 10.1. The highest BCUT2D eigenvalue weighted by atomic mass is 16.6. The number of carbonyl (C=O) groups is 3. The number of rotatable bonds is 9. The third-order valence-corrected chi connectivity index (χ3v) is 6.51. The first-order valence-corrected chi connectivity index (χ1v) is 12.6. The lowest BCUT2D eigenvalue weighted by Crippen LogP contribution is -2.50. The molecule has 39 heavy (non-hydrogen) atoms. The third kappa shape index (κ3) is 7.15. The SMILES string of the molecule is CCOC(=O)CN1CCN(CC2CN(c3ccc(C(=N)NC(=O)c4ccc([N+](=O)[O-])cc4)cc3)C(=O)O2)CC1. The van der Waals surface area contributed by atoms with Crippen molar-refractivity contribution in [2.24, 2.45) is 0 Å². The molecule has 13 heteroatoms. The number of cyclic esters (lactones) is 1. The summed E-state index contributed by atoms with van der Waals surface area (Å²) < 4.78 is 10.6. The molecule has 0 saturated carbocycles. The maximum absolute atomic E-state index is 12.5. The van der Waals surface area contributed by atoms with Gasteiger partial charge in [0.1, 0.15) is 11.9 Å². The largest absolute Gasteiger partial charge is 0.465 e. The molecular weight excluding hydrogens is 508 g/mol. The van der Waals surface area contributed by atoms with Gasteiger partial charge in [0, 0.05) is 61.7 Å². The van der Waals surface area contributed by atoms with E-state index in [4.69, 9.17) is 14.9 Å². The minimum absolute atomic E-state index is 0.131. The van der Waals surface area contributed by atoms with E-state index < -0.39 is 16.9 Å². The Morgan fingerprint density at radius 3 is 2.28 bits per heavy atom. The van der Waals surface area contributed by atoms with Gasteiger partial charge in [0.25, 0.3) is 11.6 Å². The molecule has 13 nitrogen and oxygen atoms in total. The van der Waals surface area contributed by atoms with E-state index in [2.05, 4.69) is 15.1 Å². The van der Waals surface area contributed by atoms with Gasteiger partial charge >= 0.3 is 12.1 Å². The number of carbonyl (C=O) groups excluding carboxylic acids is 3. The quantitative estimate of drug-likeness (QED) is 0.160. The molecular formula is C26H30N6O7. The van der Waals surface area contributed by atoms with E-state index in [1.165, 1.54) is 29.2 Å². The Balaban J connectivity index is 1.26. The number of hydrogen-bond acceptors (Lipinski definition) is 10. The molecule has 2 fully saturated rings. The van der Waals surface area contributed by atoms with Crippen molar-refractivity contribution in [3.63, 3.8) is 0 Å². The molecule has 4 rings (SSSR count). The average Bonchev–Trinajstić information content (AvgIpc) is 3.29. The van der Waals surface area contributed by atoms with Crippen molar-refractivity contribution >= 4 is 35.2 Å². The van der Waals surface area contributed by atoms with Crippen molar-refractivity contribution in [1.29, 1.82) is 5.41 Å². The van der Waals surface area contributed by atoms with Crippen LogP contribution < -0.4 is 10.2 Å². The molecule has 0 radical (unpaired) electrons. The maximum atomic E-state index is 12.5. The topological polar surface area (TPSA) is 158 Å². The first-order valence-electron chi connectivity index (χ1n) is 12.6. The van der Waals surface area contributed by atoms with E-state index in [9.17, 15) is 24.5 Å². The van der Waals surface area contributed by atoms with Crippen molar-refractivity contribution in [3.8, 4) is 0 Å². The first-order chi connectivity index (χ1) is 18.7. The number of anilines is 1. The summed E-state index contributed by atoms with van der Waals surface area (Å²) in [6.45, 7) is 6.40. The summed E-state index contributed by atoms with van der Waals surface area (Å²) in [5.74, 6) is -0.931. The number of hydrogen-bond donors (Lipinski definition) is 2. The summed E-state index contributed by atoms with van der Waals surface area (Å²) in [7, 11) is 0. The molecule has 2 amide bonds. The van der Waals surface area contributed by atoms with Crippen molar-refractivity contribution < 1.29 is 28.8 Å². The van der Waals surface area contributed by atoms with Gasteiger partial charge in [0.2, 0.25) is 0 Å². The van der Waals surface area contributed by atoms with E-state index >= 15 is 0 Å². The summed E-state index contributed by atoms with van der Waals surface area (Å²) in [6.07, 6.45) is -0.747. The van der Waals surface area contributed by atoms with E-state index in [-0.39, 0.29) is 35.7 Å². The average molecular weight is 539 g/mol. The van der Waals surface area contributed by atoms with E-state index in [0.29, 0.717) is 30.9 Å². The Bertz CT molecular complexity index is 1230. The highest BCUT2D eigenvalue weighted by molar-refractivity contribution is 6.11. The molecule has 2 heterocycles. The van der Waals surface area contributed by atoms with Crippen molar-refractivity contribution in [2.45, 2.75) is 13.0 Å². The van der Waals surface area contributed by atoms with Gasteiger partial charge in [-0.05, 0) is 43.3 Å². The fourth-order valence-electron chi connectivity index (χ4n) is 4.44. The van der Waals surface area contributed by atoms with Crippen LogP contribution in [0.15, 0.2) is 48.5 Å². The Labute approximate surface area is 224 Å². The zero-order valence-electron chi connectivity index (χ0n) is 21.5. The van der Waals surface area contributed by atoms with Crippen LogP contribution in [0.2, 0.25) is 0 Å². The molecule has 0 bridgehead atoms. The van der Waals surface area contributed by atoms with Crippen LogP contribution in [0, 0.1) is 15.5 Å². The molecule has 1 unspecified atom stereocenters. The number of amidine groups is 1. The van der Waals surface area contributed by atoms with Gasteiger partial charge < -0.3 is 14.8 Å². The number of ether oxygens (including phenoxy) is 2. The van der Waals surface area contributed by atoms with Crippen LogP contribution in [0.25, 0.3) is 0 Å². The lowest BCUT2D eigenvalue weighted by Gasteiger charge is -2.34. The standard InChI is InChI=1S/C26H30N6O7/c1-2-38-23(33)17-30-13-11-29(12-14-30)15-22-16-31(26(35)39-22)20-7-3-18(4-8-20)24(27)28-25(34)19-5-9-21(10-6-19)32(36)37/h3-10,22H,2,11-17H2,1H3,(H2,27,28,34). The minimum Gasteiger partial charge on any atom is -0.465 e. The summed E-state index contributed by atoms with van der Waals surface area (Å²) >= 11 is 0. The molecule has 2 aromatic rings. The van der Waals surface area contributed by atoms with Crippen LogP contribution in [-0.2, 0) is 14.3 Å². The number of esters is 1. The van der Waals surface area contributed by atoms with Crippen LogP contribution >= 0.6 is 0 Å². The van der Waals surface area contributed by atoms with Gasteiger partial charge in [-0.25, -0.2) is 4.79 Å². The number of nitro groups is 1. The van der Waals surface area contributed by atoms with Gasteiger partial charge in [0.15, 0.2) is 0 Å². The molecule has 1 atom stereocenters. The summed E-state index contributed by atoms with van der Waals surface area (Å²) in [4.78, 5) is 52.6. The third-order valence-electron chi connectivity index (χ3n) is 6.51. The molecule has 206 valence electrons. The molecule has 2 saturated heterocycles. The monoisotopic (exact) mass is 538 g/mol. The normalized spacial score (nSPS) is 17.9. The number of nitro benzene ring substituents is 1. The van der Waals surface area contributed by atoms with Crippen molar-refractivity contribution in [1.82, 2.24) is 15.1 Å². The predicted molar refractivity (Wildman–Crippen MR) is 141 cm³/mol. The highest BCUT2D eigenvalue weighted by Crippen LogP contribution is 2.23. The van der Waals surface area contributed by atoms with Gasteiger partial charge in [-0.3, -0.25) is 39.8 Å². The number of benzene rings is 2. The fraction of sp³-hybridized carbons (Fsp3) is 0.385. The second-order valence-corrected chi connectivity index (χ2v) is 9.18. The molecule has 2 N–H and O–H groups in total. The molecule has 2 aliphatic heterocycles. The van der Waals surface area contributed by atoms with Crippen LogP contribution in [0.4, 0.5) is 16.2 Å². The second kappa shape index (κ2) is 12.5. The van der Waals surface area contributed by atoms with Crippen LogP contribution in [0.1, 0.15) is 22.8 Å². The molecule has 2 aromatic carbocycles. The fourth-order valence-corrected chi connectivity index (χ4v) is 4.44. The number of piperazine rings is 1.